The van der Waals surface area contributed by atoms with Crippen molar-refractivity contribution in [3.05, 3.63) is 40.1 Å². The van der Waals surface area contributed by atoms with Gasteiger partial charge in [-0.15, -0.1) is 10.2 Å². The second-order valence-electron chi connectivity index (χ2n) is 6.26. The number of anilines is 1. The van der Waals surface area contributed by atoms with Crippen molar-refractivity contribution >= 4 is 28.8 Å². The Bertz CT molecular complexity index is 774. The van der Waals surface area contributed by atoms with E-state index in [-0.39, 0.29) is 10.9 Å². The molecule has 1 aliphatic heterocycles. The van der Waals surface area contributed by atoms with Gasteiger partial charge in [0.15, 0.2) is 0 Å². The second-order valence-corrected chi connectivity index (χ2v) is 7.32. The summed E-state index contributed by atoms with van der Waals surface area (Å²) < 4.78 is 13.2. The van der Waals surface area contributed by atoms with Crippen LogP contribution in [-0.4, -0.2) is 40.0 Å². The molecule has 1 fully saturated rings. The number of nitrogens with one attached hydrogen (secondary N) is 1. The van der Waals surface area contributed by atoms with Crippen LogP contribution in [0.4, 0.5) is 10.1 Å². The van der Waals surface area contributed by atoms with Crippen molar-refractivity contribution in [3.63, 3.8) is 0 Å². The molecule has 0 unspecified atom stereocenters. The molecule has 6 nitrogen and oxygen atoms in total. The van der Waals surface area contributed by atoms with Gasteiger partial charge in [-0.2, -0.15) is 0 Å². The molecule has 2 amide bonds. The predicted octanol–water partition coefficient (Wildman–Crippen LogP) is 3.26. The van der Waals surface area contributed by atoms with Crippen LogP contribution in [0.2, 0.25) is 0 Å². The highest BCUT2D eigenvalue weighted by Crippen LogP contribution is 2.17. The third kappa shape index (κ3) is 5.08. The lowest BCUT2D eigenvalue weighted by Gasteiger charge is -2.26. The summed E-state index contributed by atoms with van der Waals surface area (Å²) in [7, 11) is 0. The number of aromatic nitrogens is 2. The Morgan fingerprint density at radius 2 is 2.00 bits per heavy atom. The highest BCUT2D eigenvalue weighted by Gasteiger charge is 2.17. The summed E-state index contributed by atoms with van der Waals surface area (Å²) in [4.78, 5) is 26.2. The number of carbonyl (C=O) groups is 2. The number of aryl methyl sites for hydroxylation is 1. The summed E-state index contributed by atoms with van der Waals surface area (Å²) in [5.74, 6) is -0.638. The van der Waals surface area contributed by atoms with E-state index in [1.165, 1.54) is 36.0 Å². The van der Waals surface area contributed by atoms with Gasteiger partial charge in [-0.3, -0.25) is 9.59 Å². The van der Waals surface area contributed by atoms with E-state index in [0.29, 0.717) is 24.9 Å². The molecular weight excluding hydrogens is 355 g/mol. The summed E-state index contributed by atoms with van der Waals surface area (Å²) in [6.45, 7) is 1.73. The van der Waals surface area contributed by atoms with Crippen molar-refractivity contribution in [2.75, 3.05) is 18.4 Å². The first kappa shape index (κ1) is 18.4. The van der Waals surface area contributed by atoms with Crippen LogP contribution in [0.1, 0.15) is 46.9 Å². The minimum Gasteiger partial charge on any atom is -0.343 e. The standard InChI is InChI=1S/C18H21FN4O2S/c19-13-6-4-7-14(12-13)20-17(25)18-22-21-15(26-18)8-5-9-16(24)23-10-2-1-3-11-23/h4,6-7,12H,1-3,5,8-11H2,(H,20,25). The molecule has 26 heavy (non-hydrogen) atoms. The molecule has 0 atom stereocenters. The van der Waals surface area contributed by atoms with Crippen LogP contribution in [0.3, 0.4) is 0 Å². The minimum atomic E-state index is -0.417. The van der Waals surface area contributed by atoms with Gasteiger partial charge in [0.1, 0.15) is 10.8 Å². The zero-order valence-corrected chi connectivity index (χ0v) is 15.2. The van der Waals surface area contributed by atoms with E-state index < -0.39 is 11.7 Å². The van der Waals surface area contributed by atoms with E-state index in [9.17, 15) is 14.0 Å². The van der Waals surface area contributed by atoms with E-state index >= 15 is 0 Å². The highest BCUT2D eigenvalue weighted by molar-refractivity contribution is 7.13. The fourth-order valence-electron chi connectivity index (χ4n) is 2.89. The lowest BCUT2D eigenvalue weighted by atomic mass is 10.1. The average Bonchev–Trinajstić information content (AvgIpc) is 3.11. The summed E-state index contributed by atoms with van der Waals surface area (Å²) >= 11 is 1.20. The van der Waals surface area contributed by atoms with E-state index in [4.69, 9.17) is 0 Å². The van der Waals surface area contributed by atoms with Gasteiger partial charge in [0.2, 0.25) is 10.9 Å². The zero-order chi connectivity index (χ0) is 18.4. The molecule has 1 aromatic carbocycles. The summed E-state index contributed by atoms with van der Waals surface area (Å²) in [5.41, 5.74) is 0.374. The smallest absolute Gasteiger partial charge is 0.286 e. The zero-order valence-electron chi connectivity index (χ0n) is 14.4. The van der Waals surface area contributed by atoms with Gasteiger partial charge in [0.25, 0.3) is 5.91 Å². The lowest BCUT2D eigenvalue weighted by molar-refractivity contribution is -0.132. The molecule has 8 heteroatoms. The number of likely N-dealkylation sites (tertiary alicyclic amines) is 1. The molecule has 2 heterocycles. The van der Waals surface area contributed by atoms with Crippen molar-refractivity contribution in [2.45, 2.75) is 38.5 Å². The third-order valence-corrected chi connectivity index (χ3v) is 5.22. The van der Waals surface area contributed by atoms with Gasteiger partial charge in [-0.1, -0.05) is 17.4 Å². The van der Waals surface area contributed by atoms with Gasteiger partial charge in [-0.25, -0.2) is 4.39 Å². The second kappa shape index (κ2) is 8.84. The molecule has 1 aliphatic rings. The molecule has 0 saturated carbocycles. The minimum absolute atomic E-state index is 0.193. The molecule has 0 spiro atoms. The topological polar surface area (TPSA) is 75.2 Å². The largest absolute Gasteiger partial charge is 0.343 e. The first-order chi connectivity index (χ1) is 12.6. The number of hydrogen-bond donors (Lipinski definition) is 1. The normalized spacial score (nSPS) is 14.3. The van der Waals surface area contributed by atoms with E-state index in [1.54, 1.807) is 6.07 Å². The Morgan fingerprint density at radius 3 is 2.77 bits per heavy atom. The van der Waals surface area contributed by atoms with Crippen molar-refractivity contribution in [3.8, 4) is 0 Å². The van der Waals surface area contributed by atoms with Gasteiger partial charge >= 0.3 is 0 Å². The van der Waals surface area contributed by atoms with Crippen molar-refractivity contribution in [2.24, 2.45) is 0 Å². The van der Waals surface area contributed by atoms with Crippen LogP contribution in [-0.2, 0) is 11.2 Å². The summed E-state index contributed by atoms with van der Waals surface area (Å²) in [5, 5.41) is 11.5. The van der Waals surface area contributed by atoms with E-state index in [2.05, 4.69) is 15.5 Å². The molecule has 1 aromatic heterocycles. The number of benzene rings is 1. The lowest BCUT2D eigenvalue weighted by Crippen LogP contribution is -2.35. The Morgan fingerprint density at radius 1 is 1.19 bits per heavy atom. The SMILES string of the molecule is O=C(Nc1cccc(F)c1)c1nnc(CCCC(=O)N2CCCCC2)s1. The number of halogens is 1. The Kier molecular flexibility index (Phi) is 6.27. The average molecular weight is 376 g/mol. The quantitative estimate of drug-likeness (QED) is 0.840. The maximum atomic E-state index is 13.2. The van der Waals surface area contributed by atoms with Crippen LogP contribution in [0.15, 0.2) is 24.3 Å². The van der Waals surface area contributed by atoms with Gasteiger partial charge in [-0.05, 0) is 43.9 Å². The third-order valence-electron chi connectivity index (χ3n) is 4.23. The predicted molar refractivity (Wildman–Crippen MR) is 97.6 cm³/mol. The van der Waals surface area contributed by atoms with Crippen molar-refractivity contribution < 1.29 is 14.0 Å². The van der Waals surface area contributed by atoms with Crippen LogP contribution in [0.25, 0.3) is 0 Å². The molecule has 0 bridgehead atoms. The number of amides is 2. The molecular formula is C18H21FN4O2S. The molecule has 138 valence electrons. The van der Waals surface area contributed by atoms with E-state index in [1.807, 2.05) is 4.90 Å². The first-order valence-electron chi connectivity index (χ1n) is 8.79. The molecule has 3 rings (SSSR count). The monoisotopic (exact) mass is 376 g/mol. The Balaban J connectivity index is 1.46. The highest BCUT2D eigenvalue weighted by atomic mass is 32.1. The fraction of sp³-hybridized carbons (Fsp3) is 0.444. The van der Waals surface area contributed by atoms with Crippen molar-refractivity contribution in [1.82, 2.24) is 15.1 Å². The molecule has 0 radical (unpaired) electrons. The number of rotatable bonds is 6. The van der Waals surface area contributed by atoms with Crippen LogP contribution in [0, 0.1) is 5.82 Å². The maximum absolute atomic E-state index is 13.2. The Labute approximate surface area is 155 Å². The van der Waals surface area contributed by atoms with Crippen LogP contribution < -0.4 is 5.32 Å². The number of nitrogens with zero attached hydrogens (tertiary/aromatic N) is 3. The number of carbonyl (C=O) groups excluding carboxylic acids is 2. The number of hydrogen-bond acceptors (Lipinski definition) is 5. The maximum Gasteiger partial charge on any atom is 0.286 e. The van der Waals surface area contributed by atoms with E-state index in [0.717, 1.165) is 30.9 Å². The number of piperidine rings is 1. The van der Waals surface area contributed by atoms with Gasteiger partial charge in [0.05, 0.1) is 0 Å². The van der Waals surface area contributed by atoms with Gasteiger partial charge in [0, 0.05) is 31.6 Å². The van der Waals surface area contributed by atoms with Crippen LogP contribution >= 0.6 is 11.3 Å². The molecule has 1 N–H and O–H groups in total. The fourth-order valence-corrected chi connectivity index (χ4v) is 3.67. The van der Waals surface area contributed by atoms with Crippen molar-refractivity contribution in [1.29, 1.82) is 0 Å². The Hall–Kier alpha value is -2.35. The summed E-state index contributed by atoms with van der Waals surface area (Å²) in [6.07, 6.45) is 5.18. The summed E-state index contributed by atoms with van der Waals surface area (Å²) in [6, 6.07) is 5.68. The first-order valence-corrected chi connectivity index (χ1v) is 9.60. The van der Waals surface area contributed by atoms with Gasteiger partial charge < -0.3 is 10.2 Å². The molecule has 0 aliphatic carbocycles. The molecule has 2 aromatic rings. The molecule has 1 saturated heterocycles. The van der Waals surface area contributed by atoms with Crippen LogP contribution in [0.5, 0.6) is 0 Å².